The third-order valence-electron chi connectivity index (χ3n) is 7.41. The van der Waals surface area contributed by atoms with Crippen molar-refractivity contribution in [1.82, 2.24) is 0 Å². The number of benzene rings is 1. The SMILES string of the molecule is FCC/C=C/C1CCC(C2CCC(C(F)(F)Cc3cc(F)c(OCC(F)(F)F)c(F)c3)CC2)CC1. The maximum absolute atomic E-state index is 15.0. The molecule has 0 amide bonds. The number of hydrogen-bond donors (Lipinski definition) is 0. The zero-order valence-corrected chi connectivity index (χ0v) is 19.5. The molecule has 0 saturated heterocycles. The standard InChI is InChI=1S/C26H32F8O/c27-12-2-1-3-17-4-6-19(7-5-17)20-8-10-21(11-9-20)25(30,31)15-18-13-22(28)24(23(29)14-18)35-16-26(32,33)34/h1,3,13-14,17,19-21H,2,4-12,15-16H2/b3-1+. The lowest BCUT2D eigenvalue weighted by molar-refractivity contribution is -0.154. The van der Waals surface area contributed by atoms with Crippen LogP contribution in [-0.4, -0.2) is 25.4 Å². The molecule has 0 heterocycles. The van der Waals surface area contributed by atoms with E-state index in [2.05, 4.69) is 10.8 Å². The first-order chi connectivity index (χ1) is 16.5. The molecule has 9 heteroatoms. The van der Waals surface area contributed by atoms with Gasteiger partial charge in [-0.15, -0.1) is 0 Å². The minimum Gasteiger partial charge on any atom is -0.478 e. The van der Waals surface area contributed by atoms with Crippen molar-refractivity contribution in [1.29, 1.82) is 0 Å². The van der Waals surface area contributed by atoms with Crippen LogP contribution < -0.4 is 4.74 Å². The van der Waals surface area contributed by atoms with Crippen molar-refractivity contribution in [3.63, 3.8) is 0 Å². The number of ether oxygens (including phenoxy) is 1. The monoisotopic (exact) mass is 512 g/mol. The molecule has 1 nitrogen and oxygen atoms in total. The molecule has 198 valence electrons. The molecular formula is C26H32F8O. The van der Waals surface area contributed by atoms with E-state index >= 15 is 0 Å². The van der Waals surface area contributed by atoms with Gasteiger partial charge in [0.2, 0.25) is 0 Å². The summed E-state index contributed by atoms with van der Waals surface area (Å²) in [7, 11) is 0. The lowest BCUT2D eigenvalue weighted by atomic mass is 9.68. The van der Waals surface area contributed by atoms with Crippen LogP contribution >= 0.6 is 0 Å². The van der Waals surface area contributed by atoms with E-state index in [1.165, 1.54) is 0 Å². The van der Waals surface area contributed by atoms with Gasteiger partial charge in [-0.1, -0.05) is 12.2 Å². The Kier molecular flexibility index (Phi) is 9.49. The first-order valence-corrected chi connectivity index (χ1v) is 12.3. The fraction of sp³-hybridized carbons (Fsp3) is 0.692. The van der Waals surface area contributed by atoms with Crippen molar-refractivity contribution in [2.24, 2.45) is 23.7 Å². The van der Waals surface area contributed by atoms with Gasteiger partial charge in [-0.25, -0.2) is 17.6 Å². The summed E-state index contributed by atoms with van der Waals surface area (Å²) in [6.45, 7) is -2.23. The molecule has 0 bridgehead atoms. The van der Waals surface area contributed by atoms with E-state index in [1.807, 2.05) is 6.08 Å². The Balaban J connectivity index is 1.51. The number of halogens is 8. The summed E-state index contributed by atoms with van der Waals surface area (Å²) in [5, 5.41) is 0. The van der Waals surface area contributed by atoms with Gasteiger partial charge in [0.25, 0.3) is 5.92 Å². The van der Waals surface area contributed by atoms with E-state index in [-0.39, 0.29) is 12.2 Å². The second-order valence-electron chi connectivity index (χ2n) is 9.92. The highest BCUT2D eigenvalue weighted by molar-refractivity contribution is 5.32. The van der Waals surface area contributed by atoms with Crippen LogP contribution in [0.3, 0.4) is 0 Å². The number of allylic oxidation sites excluding steroid dienone is 2. The normalized spacial score (nSPS) is 26.3. The van der Waals surface area contributed by atoms with Gasteiger partial charge < -0.3 is 4.74 Å². The largest absolute Gasteiger partial charge is 0.478 e. The van der Waals surface area contributed by atoms with Crippen molar-refractivity contribution in [3.05, 3.63) is 41.5 Å². The molecule has 2 fully saturated rings. The van der Waals surface area contributed by atoms with Gasteiger partial charge in [0.15, 0.2) is 24.0 Å². The van der Waals surface area contributed by atoms with Gasteiger partial charge in [0.05, 0.1) is 6.67 Å². The molecule has 35 heavy (non-hydrogen) atoms. The summed E-state index contributed by atoms with van der Waals surface area (Å²) in [5.74, 6) is -6.83. The molecule has 3 rings (SSSR count). The van der Waals surface area contributed by atoms with E-state index in [0.29, 0.717) is 62.0 Å². The number of rotatable bonds is 9. The van der Waals surface area contributed by atoms with Gasteiger partial charge in [-0.3, -0.25) is 4.39 Å². The third kappa shape index (κ3) is 8.10. The average Bonchev–Trinajstić information content (AvgIpc) is 2.78. The van der Waals surface area contributed by atoms with Crippen LogP contribution in [0, 0.1) is 35.3 Å². The Labute approximate surface area is 200 Å². The fourth-order valence-electron chi connectivity index (χ4n) is 5.60. The highest BCUT2D eigenvalue weighted by Crippen LogP contribution is 2.46. The van der Waals surface area contributed by atoms with Gasteiger partial charge in [0, 0.05) is 12.3 Å². The van der Waals surface area contributed by atoms with E-state index in [9.17, 15) is 35.1 Å². The third-order valence-corrected chi connectivity index (χ3v) is 7.41. The quantitative estimate of drug-likeness (QED) is 0.238. The van der Waals surface area contributed by atoms with Crippen molar-refractivity contribution < 1.29 is 39.9 Å². The predicted octanol–water partition coefficient (Wildman–Crippen LogP) is 8.61. The predicted molar refractivity (Wildman–Crippen MR) is 117 cm³/mol. The highest BCUT2D eigenvalue weighted by Gasteiger charge is 2.43. The Morgan fingerprint density at radius 3 is 1.89 bits per heavy atom. The Morgan fingerprint density at radius 2 is 1.37 bits per heavy atom. The van der Waals surface area contributed by atoms with Crippen LogP contribution in [0.25, 0.3) is 0 Å². The van der Waals surface area contributed by atoms with Gasteiger partial charge >= 0.3 is 6.18 Å². The molecule has 0 spiro atoms. The summed E-state index contributed by atoms with van der Waals surface area (Å²) in [4.78, 5) is 0. The summed E-state index contributed by atoms with van der Waals surface area (Å²) < 4.78 is 111. The van der Waals surface area contributed by atoms with Crippen LogP contribution in [0.2, 0.25) is 0 Å². The molecule has 0 aliphatic heterocycles. The molecule has 0 N–H and O–H groups in total. The summed E-state index contributed by atoms with van der Waals surface area (Å²) in [5.41, 5.74) is -0.314. The summed E-state index contributed by atoms with van der Waals surface area (Å²) in [6.07, 6.45) is 4.91. The van der Waals surface area contributed by atoms with E-state index in [4.69, 9.17) is 0 Å². The molecule has 2 aliphatic rings. The molecule has 1 aromatic rings. The fourth-order valence-corrected chi connectivity index (χ4v) is 5.60. The summed E-state index contributed by atoms with van der Waals surface area (Å²) in [6, 6.07) is 1.24. The molecule has 0 aromatic heterocycles. The van der Waals surface area contributed by atoms with Crippen molar-refractivity contribution in [2.45, 2.75) is 76.3 Å². The second kappa shape index (κ2) is 12.0. The van der Waals surface area contributed by atoms with Crippen LogP contribution in [0.5, 0.6) is 5.75 Å². The van der Waals surface area contributed by atoms with Crippen LogP contribution in [0.15, 0.2) is 24.3 Å². The molecule has 0 atom stereocenters. The van der Waals surface area contributed by atoms with Crippen molar-refractivity contribution in [2.75, 3.05) is 13.3 Å². The molecule has 2 aliphatic carbocycles. The maximum atomic E-state index is 15.0. The first-order valence-electron chi connectivity index (χ1n) is 12.3. The van der Waals surface area contributed by atoms with E-state index < -0.39 is 48.4 Å². The van der Waals surface area contributed by atoms with E-state index in [1.54, 1.807) is 0 Å². The van der Waals surface area contributed by atoms with Crippen molar-refractivity contribution >= 4 is 0 Å². The van der Waals surface area contributed by atoms with Gasteiger partial charge in [-0.2, -0.15) is 13.2 Å². The molecule has 0 unspecified atom stereocenters. The van der Waals surface area contributed by atoms with Crippen LogP contribution in [-0.2, 0) is 6.42 Å². The zero-order valence-electron chi connectivity index (χ0n) is 19.5. The molecule has 2 saturated carbocycles. The Hall–Kier alpha value is -1.80. The molecular weight excluding hydrogens is 480 g/mol. The maximum Gasteiger partial charge on any atom is 0.422 e. The van der Waals surface area contributed by atoms with E-state index in [0.717, 1.165) is 25.7 Å². The number of alkyl halides is 6. The van der Waals surface area contributed by atoms with Crippen molar-refractivity contribution in [3.8, 4) is 5.75 Å². The van der Waals surface area contributed by atoms with Crippen LogP contribution in [0.1, 0.15) is 63.4 Å². The van der Waals surface area contributed by atoms with Crippen LogP contribution in [0.4, 0.5) is 35.1 Å². The second-order valence-corrected chi connectivity index (χ2v) is 9.92. The minimum atomic E-state index is -4.78. The first kappa shape index (κ1) is 27.8. The van der Waals surface area contributed by atoms with Gasteiger partial charge in [0.1, 0.15) is 0 Å². The minimum absolute atomic E-state index is 0.314. The Bertz CT molecular complexity index is 811. The average molecular weight is 513 g/mol. The lowest BCUT2D eigenvalue weighted by Gasteiger charge is -2.39. The topological polar surface area (TPSA) is 9.23 Å². The molecule has 1 aromatic carbocycles. The molecule has 0 radical (unpaired) electrons. The number of hydrogen-bond acceptors (Lipinski definition) is 1. The zero-order chi connectivity index (χ0) is 25.6. The summed E-state index contributed by atoms with van der Waals surface area (Å²) >= 11 is 0. The smallest absolute Gasteiger partial charge is 0.422 e. The lowest BCUT2D eigenvalue weighted by Crippen LogP contribution is -2.35. The highest BCUT2D eigenvalue weighted by atomic mass is 19.4. The van der Waals surface area contributed by atoms with Gasteiger partial charge in [-0.05, 0) is 93.2 Å². The Morgan fingerprint density at radius 1 is 0.829 bits per heavy atom.